The van der Waals surface area contributed by atoms with Gasteiger partial charge in [0.05, 0.1) is 10.0 Å². The minimum Gasteiger partial charge on any atom is -0.324 e. The highest BCUT2D eigenvalue weighted by atomic mass is 79.9. The van der Waals surface area contributed by atoms with Crippen LogP contribution in [0.3, 0.4) is 0 Å². The fourth-order valence-corrected chi connectivity index (χ4v) is 4.14. The number of fused-ring (bicyclic) bond motifs is 1. The Morgan fingerprint density at radius 2 is 1.70 bits per heavy atom. The fraction of sp³-hybridized carbons (Fsp3) is 0.0714. The first-order chi connectivity index (χ1) is 9.46. The van der Waals surface area contributed by atoms with E-state index >= 15 is 0 Å². The molecule has 1 atom stereocenters. The van der Waals surface area contributed by atoms with Gasteiger partial charge in [-0.15, -0.1) is 0 Å². The van der Waals surface area contributed by atoms with Crippen molar-refractivity contribution < 1.29 is 4.79 Å². The third-order valence-electron chi connectivity index (χ3n) is 3.25. The Labute approximate surface area is 139 Å². The van der Waals surface area contributed by atoms with Crippen LogP contribution in [0, 0.1) is 0 Å². The van der Waals surface area contributed by atoms with Crippen molar-refractivity contribution in [1.82, 2.24) is 0 Å². The summed E-state index contributed by atoms with van der Waals surface area (Å²) < 4.78 is -1.14. The molecule has 0 bridgehead atoms. The normalized spacial score (nSPS) is 20.7. The molecule has 1 aliphatic heterocycles. The number of anilines is 1. The SMILES string of the molecule is O=C1Nc2ccc(Cl)c(Cl)c2C1(Br)c1ccccc1Cl. The Hall–Kier alpha value is -0.740. The largest absolute Gasteiger partial charge is 0.324 e. The van der Waals surface area contributed by atoms with Crippen molar-refractivity contribution in [3.63, 3.8) is 0 Å². The average Bonchev–Trinajstić information content (AvgIpc) is 2.68. The van der Waals surface area contributed by atoms with Crippen LogP contribution in [-0.2, 0) is 9.12 Å². The highest BCUT2D eigenvalue weighted by molar-refractivity contribution is 9.10. The molecule has 0 aromatic heterocycles. The van der Waals surface area contributed by atoms with Crippen molar-refractivity contribution >= 4 is 62.3 Å². The van der Waals surface area contributed by atoms with Gasteiger partial charge in [0.25, 0.3) is 5.91 Å². The number of carbonyl (C=O) groups is 1. The van der Waals surface area contributed by atoms with Gasteiger partial charge in [-0.25, -0.2) is 0 Å². The van der Waals surface area contributed by atoms with Crippen molar-refractivity contribution in [3.05, 3.63) is 62.6 Å². The van der Waals surface area contributed by atoms with Crippen LogP contribution in [0.1, 0.15) is 11.1 Å². The number of carbonyl (C=O) groups excluding carboxylic acids is 1. The lowest BCUT2D eigenvalue weighted by Crippen LogP contribution is -2.29. The van der Waals surface area contributed by atoms with Crippen LogP contribution in [0.2, 0.25) is 15.1 Å². The van der Waals surface area contributed by atoms with E-state index < -0.39 is 4.32 Å². The van der Waals surface area contributed by atoms with Gasteiger partial charge < -0.3 is 5.32 Å². The van der Waals surface area contributed by atoms with E-state index in [0.29, 0.717) is 31.9 Å². The molecule has 0 spiro atoms. The number of nitrogens with one attached hydrogen (secondary N) is 1. The maximum Gasteiger partial charge on any atom is 0.250 e. The monoisotopic (exact) mass is 389 g/mol. The molecule has 0 saturated carbocycles. The van der Waals surface area contributed by atoms with Crippen molar-refractivity contribution in [3.8, 4) is 0 Å². The molecule has 102 valence electrons. The van der Waals surface area contributed by atoms with Crippen LogP contribution in [0.4, 0.5) is 5.69 Å². The third-order valence-corrected chi connectivity index (χ3v) is 5.56. The Morgan fingerprint density at radius 3 is 2.40 bits per heavy atom. The summed E-state index contributed by atoms with van der Waals surface area (Å²) in [5.41, 5.74) is 1.84. The molecule has 0 aliphatic carbocycles. The molecule has 0 radical (unpaired) electrons. The molecule has 1 aliphatic rings. The van der Waals surface area contributed by atoms with Gasteiger partial charge in [-0.1, -0.05) is 68.9 Å². The van der Waals surface area contributed by atoms with Crippen LogP contribution in [0.5, 0.6) is 0 Å². The van der Waals surface area contributed by atoms with E-state index in [-0.39, 0.29) is 5.91 Å². The van der Waals surface area contributed by atoms with Crippen LogP contribution in [0.15, 0.2) is 36.4 Å². The Morgan fingerprint density at radius 1 is 1.00 bits per heavy atom. The minimum atomic E-state index is -1.14. The predicted octanol–water partition coefficient (Wildman–Crippen LogP) is 5.24. The second-order valence-corrected chi connectivity index (χ2v) is 6.76. The molecule has 0 saturated heterocycles. The van der Waals surface area contributed by atoms with Gasteiger partial charge in [-0.3, -0.25) is 4.79 Å². The molecule has 2 nitrogen and oxygen atoms in total. The van der Waals surface area contributed by atoms with Crippen molar-refractivity contribution in [2.24, 2.45) is 0 Å². The molecular weight excluding hydrogens is 384 g/mol. The number of halogens is 4. The first-order valence-electron chi connectivity index (χ1n) is 5.70. The number of rotatable bonds is 1. The molecular formula is C14H7BrCl3NO. The topological polar surface area (TPSA) is 29.1 Å². The molecule has 6 heteroatoms. The van der Waals surface area contributed by atoms with E-state index in [9.17, 15) is 4.79 Å². The van der Waals surface area contributed by atoms with Gasteiger partial charge in [-0.2, -0.15) is 0 Å². The van der Waals surface area contributed by atoms with Crippen molar-refractivity contribution in [1.29, 1.82) is 0 Å². The van der Waals surface area contributed by atoms with Gasteiger partial charge in [0.1, 0.15) is 0 Å². The maximum atomic E-state index is 12.5. The zero-order chi connectivity index (χ0) is 14.5. The molecule has 3 rings (SSSR count). The number of hydrogen-bond donors (Lipinski definition) is 1. The lowest BCUT2D eigenvalue weighted by Gasteiger charge is -2.23. The first-order valence-corrected chi connectivity index (χ1v) is 7.62. The van der Waals surface area contributed by atoms with E-state index in [1.807, 2.05) is 6.07 Å². The lowest BCUT2D eigenvalue weighted by molar-refractivity contribution is -0.116. The Balaban J connectivity index is 2.34. The minimum absolute atomic E-state index is 0.246. The summed E-state index contributed by atoms with van der Waals surface area (Å²) in [6, 6.07) is 10.5. The van der Waals surface area contributed by atoms with Crippen LogP contribution < -0.4 is 5.32 Å². The molecule has 1 amide bonds. The van der Waals surface area contributed by atoms with Crippen molar-refractivity contribution in [2.45, 2.75) is 4.32 Å². The zero-order valence-corrected chi connectivity index (χ0v) is 13.7. The molecule has 0 fully saturated rings. The third kappa shape index (κ3) is 1.88. The number of alkyl halides is 1. The zero-order valence-electron chi connectivity index (χ0n) is 9.88. The fourth-order valence-electron chi connectivity index (χ4n) is 2.31. The summed E-state index contributed by atoms with van der Waals surface area (Å²) >= 11 is 22.1. The Kier molecular flexibility index (Phi) is 3.49. The smallest absolute Gasteiger partial charge is 0.250 e. The van der Waals surface area contributed by atoms with E-state index in [1.54, 1.807) is 30.3 Å². The lowest BCUT2D eigenvalue weighted by atomic mass is 9.92. The predicted molar refractivity (Wildman–Crippen MR) is 86.3 cm³/mol. The van der Waals surface area contributed by atoms with E-state index in [4.69, 9.17) is 34.8 Å². The highest BCUT2D eigenvalue weighted by Crippen LogP contribution is 2.53. The van der Waals surface area contributed by atoms with Gasteiger partial charge in [-0.05, 0) is 18.2 Å². The summed E-state index contributed by atoms with van der Waals surface area (Å²) in [7, 11) is 0. The average molecular weight is 391 g/mol. The maximum absolute atomic E-state index is 12.5. The van der Waals surface area contributed by atoms with Crippen LogP contribution in [0.25, 0.3) is 0 Å². The van der Waals surface area contributed by atoms with E-state index in [1.165, 1.54) is 0 Å². The molecule has 1 heterocycles. The van der Waals surface area contributed by atoms with Gasteiger partial charge >= 0.3 is 0 Å². The van der Waals surface area contributed by atoms with Gasteiger partial charge in [0.15, 0.2) is 4.32 Å². The second kappa shape index (κ2) is 4.92. The quantitative estimate of drug-likeness (QED) is 0.662. The number of benzene rings is 2. The molecule has 20 heavy (non-hydrogen) atoms. The van der Waals surface area contributed by atoms with Crippen molar-refractivity contribution in [2.75, 3.05) is 5.32 Å². The summed E-state index contributed by atoms with van der Waals surface area (Å²) in [5.74, 6) is -0.246. The molecule has 1 unspecified atom stereocenters. The van der Waals surface area contributed by atoms with Gasteiger partial charge in [0, 0.05) is 21.8 Å². The first kappa shape index (κ1) is 14.2. The summed E-state index contributed by atoms with van der Waals surface area (Å²) in [6.07, 6.45) is 0. The van der Waals surface area contributed by atoms with Crippen LogP contribution >= 0.6 is 50.7 Å². The van der Waals surface area contributed by atoms with Crippen LogP contribution in [-0.4, -0.2) is 5.91 Å². The summed E-state index contributed by atoms with van der Waals surface area (Å²) in [5, 5.41) is 3.99. The highest BCUT2D eigenvalue weighted by Gasteiger charge is 2.49. The second-order valence-electron chi connectivity index (χ2n) is 4.38. The standard InChI is InChI=1S/C14H7BrCl3NO/c15-14(7-3-1-2-4-8(7)16)11-10(19-13(14)20)6-5-9(17)12(11)18/h1-6H,(H,19,20). The molecule has 2 aromatic carbocycles. The molecule has 2 aromatic rings. The molecule has 1 N–H and O–H groups in total. The Bertz CT molecular complexity index is 734. The van der Waals surface area contributed by atoms with E-state index in [2.05, 4.69) is 21.2 Å². The summed E-state index contributed by atoms with van der Waals surface area (Å²) in [4.78, 5) is 12.5. The summed E-state index contributed by atoms with van der Waals surface area (Å²) in [6.45, 7) is 0. The number of hydrogen-bond acceptors (Lipinski definition) is 1. The van der Waals surface area contributed by atoms with E-state index in [0.717, 1.165) is 0 Å². The number of amides is 1. The van der Waals surface area contributed by atoms with Gasteiger partial charge in [0.2, 0.25) is 0 Å².